The van der Waals surface area contributed by atoms with Gasteiger partial charge >= 0.3 is 0 Å². The summed E-state index contributed by atoms with van der Waals surface area (Å²) >= 11 is 11.8. The fourth-order valence-electron chi connectivity index (χ4n) is 3.28. The second-order valence-corrected chi connectivity index (χ2v) is 6.49. The zero-order valence-corrected chi connectivity index (χ0v) is 12.0. The molecule has 1 heterocycles. The Labute approximate surface area is 122 Å². The molecule has 0 bridgehead atoms. The highest BCUT2D eigenvalue weighted by atomic mass is 35.5. The zero-order chi connectivity index (χ0) is 13.6. The highest BCUT2D eigenvalue weighted by Crippen LogP contribution is 2.46. The number of carbonyl (C=O) groups excluding carboxylic acids is 1. The van der Waals surface area contributed by atoms with E-state index >= 15 is 0 Å². The van der Waals surface area contributed by atoms with Crippen LogP contribution in [0.4, 0.5) is 0 Å². The number of hydrogen-bond donors (Lipinski definition) is 1. The summed E-state index contributed by atoms with van der Waals surface area (Å²) in [4.78, 5) is 14.1. The summed E-state index contributed by atoms with van der Waals surface area (Å²) in [6.07, 6.45) is 4.93. The first-order chi connectivity index (χ1) is 9.01. The van der Waals surface area contributed by atoms with E-state index in [-0.39, 0.29) is 22.2 Å². The van der Waals surface area contributed by atoms with Crippen LogP contribution in [0.1, 0.15) is 36.0 Å². The number of benzene rings is 1. The van der Waals surface area contributed by atoms with E-state index in [9.17, 15) is 9.90 Å². The first-order valence-corrected chi connectivity index (χ1v) is 7.24. The molecule has 19 heavy (non-hydrogen) atoms. The lowest BCUT2D eigenvalue weighted by Gasteiger charge is -2.48. The number of hydrogen-bond acceptors (Lipinski definition) is 2. The molecule has 102 valence electrons. The summed E-state index contributed by atoms with van der Waals surface area (Å²) in [5.41, 5.74) is 0.503. The summed E-state index contributed by atoms with van der Waals surface area (Å²) < 4.78 is 0. The summed E-state index contributed by atoms with van der Waals surface area (Å²) in [5, 5.41) is 10.4. The third kappa shape index (κ3) is 2.19. The minimum atomic E-state index is -0.198. The van der Waals surface area contributed by atoms with Crippen molar-refractivity contribution in [3.05, 3.63) is 27.7 Å². The van der Waals surface area contributed by atoms with Crippen LogP contribution in [0.15, 0.2) is 12.1 Å². The Balaban J connectivity index is 1.79. The summed E-state index contributed by atoms with van der Waals surface area (Å²) in [7, 11) is 0. The van der Waals surface area contributed by atoms with E-state index in [2.05, 4.69) is 0 Å². The molecule has 1 spiro atoms. The maximum Gasteiger partial charge on any atom is 0.259 e. The summed E-state index contributed by atoms with van der Waals surface area (Å²) in [6, 6.07) is 2.84. The minimum Gasteiger partial charge on any atom is -0.507 e. The van der Waals surface area contributed by atoms with Crippen molar-refractivity contribution in [3.63, 3.8) is 0 Å². The van der Waals surface area contributed by atoms with Gasteiger partial charge in [-0.1, -0.05) is 36.0 Å². The van der Waals surface area contributed by atoms with Crippen LogP contribution in [0, 0.1) is 5.41 Å². The molecule has 0 unspecified atom stereocenters. The highest BCUT2D eigenvalue weighted by Gasteiger charge is 2.47. The van der Waals surface area contributed by atoms with Gasteiger partial charge in [-0.2, -0.15) is 0 Å². The van der Waals surface area contributed by atoms with Gasteiger partial charge in [0.15, 0.2) is 0 Å². The lowest BCUT2D eigenvalue weighted by atomic mass is 9.78. The molecule has 1 saturated carbocycles. The normalized spacial score (nSPS) is 20.6. The van der Waals surface area contributed by atoms with Gasteiger partial charge < -0.3 is 10.0 Å². The molecule has 2 fully saturated rings. The maximum atomic E-state index is 12.4. The van der Waals surface area contributed by atoms with Crippen LogP contribution in [0.25, 0.3) is 0 Å². The number of aromatic hydroxyl groups is 1. The summed E-state index contributed by atoms with van der Waals surface area (Å²) in [6.45, 7) is 1.56. The van der Waals surface area contributed by atoms with Crippen molar-refractivity contribution < 1.29 is 9.90 Å². The van der Waals surface area contributed by atoms with Crippen molar-refractivity contribution >= 4 is 29.1 Å². The van der Waals surface area contributed by atoms with E-state index in [1.807, 2.05) is 0 Å². The number of carbonyl (C=O) groups is 1. The Morgan fingerprint density at radius 3 is 2.42 bits per heavy atom. The molecule has 1 amide bonds. The molecule has 5 heteroatoms. The molecule has 0 radical (unpaired) electrons. The van der Waals surface area contributed by atoms with E-state index in [0.29, 0.717) is 10.4 Å². The Kier molecular flexibility index (Phi) is 3.14. The van der Waals surface area contributed by atoms with Crippen LogP contribution >= 0.6 is 23.2 Å². The van der Waals surface area contributed by atoms with Gasteiger partial charge in [0.1, 0.15) is 5.75 Å². The number of phenols is 1. The zero-order valence-electron chi connectivity index (χ0n) is 10.5. The molecule has 0 aromatic heterocycles. The average Bonchev–Trinajstić information content (AvgIpc) is 2.74. The smallest absolute Gasteiger partial charge is 0.259 e. The van der Waals surface area contributed by atoms with Crippen LogP contribution < -0.4 is 0 Å². The largest absolute Gasteiger partial charge is 0.507 e. The van der Waals surface area contributed by atoms with Crippen molar-refractivity contribution in [3.8, 4) is 5.75 Å². The number of amides is 1. The molecule has 3 nitrogen and oxygen atoms in total. The highest BCUT2D eigenvalue weighted by molar-refractivity contribution is 6.37. The van der Waals surface area contributed by atoms with E-state index < -0.39 is 0 Å². The van der Waals surface area contributed by atoms with Crippen molar-refractivity contribution in [2.24, 2.45) is 5.41 Å². The number of halogens is 2. The molecule has 1 saturated heterocycles. The predicted octanol–water partition coefficient (Wildman–Crippen LogP) is 3.72. The topological polar surface area (TPSA) is 40.5 Å². The van der Waals surface area contributed by atoms with E-state index in [1.165, 1.54) is 37.8 Å². The van der Waals surface area contributed by atoms with Gasteiger partial charge in [0.2, 0.25) is 0 Å². The molecule has 0 atom stereocenters. The van der Waals surface area contributed by atoms with Gasteiger partial charge in [-0.25, -0.2) is 0 Å². The van der Waals surface area contributed by atoms with Gasteiger partial charge in [0, 0.05) is 23.5 Å². The molecule has 1 aromatic carbocycles. The number of phenolic OH excluding ortho intramolecular Hbond substituents is 1. The van der Waals surface area contributed by atoms with E-state index in [1.54, 1.807) is 4.90 Å². The fraction of sp³-hybridized carbons (Fsp3) is 0.500. The van der Waals surface area contributed by atoms with Gasteiger partial charge in [0.05, 0.1) is 10.6 Å². The van der Waals surface area contributed by atoms with Crippen LogP contribution in [-0.4, -0.2) is 29.0 Å². The number of rotatable bonds is 1. The standard InChI is InChI=1S/C14H15Cl2NO2/c15-9-5-10(16)12(11(18)6-9)13(19)17-7-14(8-17)3-1-2-4-14/h5-6,18H,1-4,7-8H2. The molecule has 1 aliphatic carbocycles. The first-order valence-electron chi connectivity index (χ1n) is 6.48. The Morgan fingerprint density at radius 2 is 1.84 bits per heavy atom. The quantitative estimate of drug-likeness (QED) is 0.858. The molecule has 1 aromatic rings. The van der Waals surface area contributed by atoms with Crippen molar-refractivity contribution in [1.29, 1.82) is 0 Å². The second-order valence-electron chi connectivity index (χ2n) is 5.65. The lowest BCUT2D eigenvalue weighted by molar-refractivity contribution is 0.00913. The van der Waals surface area contributed by atoms with Gasteiger partial charge in [-0.3, -0.25) is 4.79 Å². The fourth-order valence-corrected chi connectivity index (χ4v) is 3.84. The van der Waals surface area contributed by atoms with E-state index in [4.69, 9.17) is 23.2 Å². The lowest BCUT2D eigenvalue weighted by Crippen LogP contribution is -2.57. The van der Waals surface area contributed by atoms with Crippen LogP contribution in [0.5, 0.6) is 5.75 Å². The van der Waals surface area contributed by atoms with Gasteiger partial charge in [-0.05, 0) is 25.0 Å². The average molecular weight is 300 g/mol. The minimum absolute atomic E-state index is 0.144. The van der Waals surface area contributed by atoms with Crippen LogP contribution in [0.2, 0.25) is 10.0 Å². The third-order valence-corrected chi connectivity index (χ3v) is 4.77. The van der Waals surface area contributed by atoms with E-state index in [0.717, 1.165) is 13.1 Å². The Hall–Kier alpha value is -0.930. The SMILES string of the molecule is O=C(c1c(O)cc(Cl)cc1Cl)N1CC2(CCCC2)C1. The van der Waals surface area contributed by atoms with Crippen molar-refractivity contribution in [2.45, 2.75) is 25.7 Å². The predicted molar refractivity (Wildman–Crippen MR) is 74.9 cm³/mol. The molecule has 2 aliphatic rings. The first kappa shape index (κ1) is 13.1. The summed E-state index contributed by atoms with van der Waals surface area (Å²) in [5.74, 6) is -0.341. The number of likely N-dealkylation sites (tertiary alicyclic amines) is 1. The van der Waals surface area contributed by atoms with Gasteiger partial charge in [0.25, 0.3) is 5.91 Å². The molecule has 1 N–H and O–H groups in total. The van der Waals surface area contributed by atoms with Crippen molar-refractivity contribution in [2.75, 3.05) is 13.1 Å². The molecular weight excluding hydrogens is 285 g/mol. The third-order valence-electron chi connectivity index (χ3n) is 4.25. The maximum absolute atomic E-state index is 12.4. The monoisotopic (exact) mass is 299 g/mol. The van der Waals surface area contributed by atoms with Gasteiger partial charge in [-0.15, -0.1) is 0 Å². The van der Waals surface area contributed by atoms with Crippen molar-refractivity contribution in [1.82, 2.24) is 4.90 Å². The molecular formula is C14H15Cl2NO2. The molecule has 3 rings (SSSR count). The van der Waals surface area contributed by atoms with Crippen LogP contribution in [0.3, 0.4) is 0 Å². The Bertz CT molecular complexity index is 507. The van der Waals surface area contributed by atoms with Crippen LogP contribution in [-0.2, 0) is 0 Å². The second kappa shape index (κ2) is 4.57. The molecule has 1 aliphatic heterocycles. The Morgan fingerprint density at radius 1 is 1.21 bits per heavy atom. The number of nitrogens with zero attached hydrogens (tertiary/aromatic N) is 1.